The normalized spacial score (nSPS) is 27.2. The van der Waals surface area contributed by atoms with Gasteiger partial charge >= 0.3 is 18.1 Å². The number of aliphatic carboxylic acids is 2. The van der Waals surface area contributed by atoms with Crippen LogP contribution in [0.25, 0.3) is 0 Å². The van der Waals surface area contributed by atoms with Gasteiger partial charge in [0.2, 0.25) is 0 Å². The van der Waals surface area contributed by atoms with Crippen LogP contribution in [0.1, 0.15) is 49.3 Å². The van der Waals surface area contributed by atoms with Gasteiger partial charge < -0.3 is 20.8 Å². The van der Waals surface area contributed by atoms with Gasteiger partial charge in [-0.05, 0) is 55.7 Å². The molecule has 0 radical (unpaired) electrons. The molecule has 2 aromatic rings. The number of nitriles is 1. The van der Waals surface area contributed by atoms with Gasteiger partial charge in [0.25, 0.3) is 0 Å². The van der Waals surface area contributed by atoms with Crippen LogP contribution in [0.2, 0.25) is 25.7 Å². The first-order chi connectivity index (χ1) is 18.5. The van der Waals surface area contributed by atoms with Gasteiger partial charge in [0.15, 0.2) is 0 Å². The summed E-state index contributed by atoms with van der Waals surface area (Å²) >= 11 is 0. The summed E-state index contributed by atoms with van der Waals surface area (Å²) in [6.07, 6.45) is -6.02. The monoisotopic (exact) mass is 575 g/mol. The zero-order valence-electron chi connectivity index (χ0n) is 23.3. The second-order valence-electron chi connectivity index (χ2n) is 11.8. The molecule has 1 aliphatic rings. The molecular weight excluding hydrogens is 539 g/mol. The molecule has 0 amide bonds. The summed E-state index contributed by atoms with van der Waals surface area (Å²) in [6.45, 7) is 9.45. The minimum Gasteiger partial charge on any atom is -0.481 e. The third-order valence-electron chi connectivity index (χ3n) is 8.54. The highest BCUT2D eigenvalue weighted by atomic mass is 28.3. The van der Waals surface area contributed by atoms with Crippen molar-refractivity contribution in [3.8, 4) is 6.07 Å². The lowest BCUT2D eigenvalue weighted by molar-refractivity contribution is -0.170. The molecule has 3 rings (SSSR count). The number of hydrogen-bond acceptors (Lipinski definition) is 5. The number of carboxylic acids is 2. The minimum atomic E-state index is -4.67. The smallest absolute Gasteiger partial charge is 0.416 e. The van der Waals surface area contributed by atoms with Gasteiger partial charge in [0.1, 0.15) is 5.41 Å². The van der Waals surface area contributed by atoms with E-state index in [1.807, 2.05) is 6.07 Å². The van der Waals surface area contributed by atoms with E-state index in [0.29, 0.717) is 17.2 Å². The molecule has 2 aromatic carbocycles. The lowest BCUT2D eigenvalue weighted by Gasteiger charge is -2.62. The number of benzene rings is 2. The molecule has 7 nitrogen and oxygen atoms in total. The Morgan fingerprint density at radius 3 is 2.10 bits per heavy atom. The quantitative estimate of drug-likeness (QED) is 0.323. The van der Waals surface area contributed by atoms with Gasteiger partial charge in [-0.15, -0.1) is 0 Å². The van der Waals surface area contributed by atoms with E-state index in [0.717, 1.165) is 12.1 Å². The van der Waals surface area contributed by atoms with Crippen LogP contribution < -0.4 is 10.6 Å². The number of rotatable bonds is 8. The number of alkyl halides is 3. The van der Waals surface area contributed by atoms with Gasteiger partial charge in [-0.1, -0.05) is 50.8 Å². The topological polar surface area (TPSA) is 128 Å². The average molecular weight is 576 g/mol. The Balaban J connectivity index is 2.44. The van der Waals surface area contributed by atoms with Crippen molar-refractivity contribution in [3.05, 3.63) is 65.2 Å². The van der Waals surface area contributed by atoms with E-state index in [2.05, 4.69) is 19.6 Å². The van der Waals surface area contributed by atoms with Crippen molar-refractivity contribution < 1.29 is 33.0 Å². The molecule has 1 heterocycles. The molecule has 4 N–H and O–H groups in total. The number of carboxylic acid groups (broad SMARTS) is 2. The summed E-state index contributed by atoms with van der Waals surface area (Å²) in [5.41, 5.74) is 2.92. The Morgan fingerprint density at radius 1 is 1.07 bits per heavy atom. The Labute approximate surface area is 233 Å². The molecule has 0 aliphatic carbocycles. The van der Waals surface area contributed by atoms with Crippen LogP contribution in [0, 0.1) is 22.2 Å². The molecule has 5 unspecified atom stereocenters. The lowest BCUT2D eigenvalue weighted by Crippen LogP contribution is -2.74. The van der Waals surface area contributed by atoms with Crippen molar-refractivity contribution in [2.45, 2.75) is 76.7 Å². The maximum atomic E-state index is 13.7. The summed E-state index contributed by atoms with van der Waals surface area (Å²) in [4.78, 5) is 28.3. The molecule has 1 aliphatic heterocycles. The summed E-state index contributed by atoms with van der Waals surface area (Å²) in [5, 5.41) is 31.2. The molecule has 1 saturated heterocycles. The molecule has 216 valence electrons. The minimum absolute atomic E-state index is 0.00538. The van der Waals surface area contributed by atoms with Crippen molar-refractivity contribution in [1.29, 1.82) is 5.26 Å². The number of anilines is 1. The largest absolute Gasteiger partial charge is 0.481 e. The van der Waals surface area contributed by atoms with Gasteiger partial charge in [-0.25, -0.2) is 0 Å². The van der Waals surface area contributed by atoms with E-state index >= 15 is 0 Å². The number of nitrogens with two attached hydrogens (primary N) is 1. The second-order valence-corrected chi connectivity index (χ2v) is 17.5. The lowest BCUT2D eigenvalue weighted by atomic mass is 9.50. The van der Waals surface area contributed by atoms with Crippen LogP contribution in [-0.4, -0.2) is 42.4 Å². The number of carbonyl (C=O) groups is 2. The van der Waals surface area contributed by atoms with Gasteiger partial charge in [-0.2, -0.15) is 18.4 Å². The van der Waals surface area contributed by atoms with E-state index in [4.69, 9.17) is 5.73 Å². The zero-order chi connectivity index (χ0) is 30.3. The van der Waals surface area contributed by atoms with E-state index in [1.54, 1.807) is 26.0 Å². The van der Waals surface area contributed by atoms with E-state index < -0.39 is 60.7 Å². The third kappa shape index (κ3) is 5.22. The fraction of sp³-hybridized carbons (Fsp3) is 0.483. The fourth-order valence-corrected chi connectivity index (χ4v) is 7.50. The molecule has 0 aromatic heterocycles. The maximum Gasteiger partial charge on any atom is 0.416 e. The number of hydrogen-bond donors (Lipinski definition) is 3. The molecule has 0 saturated carbocycles. The van der Waals surface area contributed by atoms with Crippen LogP contribution >= 0.6 is 0 Å². The van der Waals surface area contributed by atoms with Crippen molar-refractivity contribution in [2.75, 3.05) is 4.90 Å². The summed E-state index contributed by atoms with van der Waals surface area (Å²) in [6, 6.07) is 12.1. The molecule has 0 spiro atoms. The second kappa shape index (κ2) is 10.9. The Hall–Kier alpha value is -3.36. The highest BCUT2D eigenvalue weighted by molar-refractivity contribution is 6.76. The van der Waals surface area contributed by atoms with Crippen LogP contribution in [0.5, 0.6) is 0 Å². The zero-order valence-corrected chi connectivity index (χ0v) is 24.3. The molecule has 0 bridgehead atoms. The average Bonchev–Trinajstić information content (AvgIpc) is 2.87. The summed E-state index contributed by atoms with van der Waals surface area (Å²) in [5.74, 6) is -3.72. The highest BCUT2D eigenvalue weighted by Gasteiger charge is 2.69. The molecule has 11 heteroatoms. The van der Waals surface area contributed by atoms with Crippen molar-refractivity contribution in [1.82, 2.24) is 0 Å². The SMILES string of the molecule is CCC1(C(=O)O)C(N)N(c2cccc(C(F)(F)F)c2)C(C)C(CC[Si](C)(C)C)(C(=O)O)C1c1ccc(C#N)cc1. The predicted octanol–water partition coefficient (Wildman–Crippen LogP) is 6.13. The van der Waals surface area contributed by atoms with Gasteiger partial charge in [0.05, 0.1) is 28.8 Å². The molecule has 5 atom stereocenters. The first-order valence-corrected chi connectivity index (χ1v) is 16.9. The van der Waals surface area contributed by atoms with Crippen molar-refractivity contribution in [3.63, 3.8) is 0 Å². The molecular formula is C29H36F3N3O4Si. The van der Waals surface area contributed by atoms with Crippen molar-refractivity contribution >= 4 is 25.7 Å². The number of halogens is 3. The fourth-order valence-electron chi connectivity index (χ4n) is 6.34. The van der Waals surface area contributed by atoms with Crippen LogP contribution in [0.3, 0.4) is 0 Å². The molecule has 40 heavy (non-hydrogen) atoms. The first kappa shape index (κ1) is 31.2. The van der Waals surface area contributed by atoms with Gasteiger partial charge in [0, 0.05) is 25.7 Å². The van der Waals surface area contributed by atoms with Crippen LogP contribution in [0.4, 0.5) is 18.9 Å². The van der Waals surface area contributed by atoms with Crippen LogP contribution in [-0.2, 0) is 15.8 Å². The van der Waals surface area contributed by atoms with E-state index in [-0.39, 0.29) is 18.5 Å². The molecule has 1 fully saturated rings. The van der Waals surface area contributed by atoms with Crippen molar-refractivity contribution in [2.24, 2.45) is 16.6 Å². The number of nitrogens with zero attached hydrogens (tertiary/aromatic N) is 2. The van der Waals surface area contributed by atoms with Crippen LogP contribution in [0.15, 0.2) is 48.5 Å². The standard InChI is InChI=1S/C29H36F3N3O4Si/c1-6-27(25(36)37)23(20-12-10-19(17-33)11-13-20)28(26(38)39,14-15-40(3,4)5)18(2)35(24(27)34)22-9-7-8-21(16-22)29(30,31)32/h7-13,16,18,23-24H,6,14-15,34H2,1-5H3,(H,36,37)(H,38,39). The number of piperidine rings is 1. The Kier molecular flexibility index (Phi) is 8.49. The van der Waals surface area contributed by atoms with E-state index in [1.165, 1.54) is 29.2 Å². The third-order valence-corrected chi connectivity index (χ3v) is 10.3. The maximum absolute atomic E-state index is 13.7. The van der Waals surface area contributed by atoms with E-state index in [9.17, 15) is 38.2 Å². The predicted molar refractivity (Wildman–Crippen MR) is 148 cm³/mol. The summed E-state index contributed by atoms with van der Waals surface area (Å²) in [7, 11) is -1.90. The first-order valence-electron chi connectivity index (χ1n) is 13.2. The van der Waals surface area contributed by atoms with Gasteiger partial charge in [-0.3, -0.25) is 9.59 Å². The summed E-state index contributed by atoms with van der Waals surface area (Å²) < 4.78 is 41.1. The Morgan fingerprint density at radius 2 is 1.65 bits per heavy atom. The highest BCUT2D eigenvalue weighted by Crippen LogP contribution is 2.61. The Bertz CT molecular complexity index is 1310.